The van der Waals surface area contributed by atoms with Crippen molar-refractivity contribution in [3.05, 3.63) is 0 Å². The molecule has 0 bridgehead atoms. The Hall–Kier alpha value is -0.570. The lowest BCUT2D eigenvalue weighted by Crippen LogP contribution is -2.19. The van der Waals surface area contributed by atoms with Crippen molar-refractivity contribution in [1.29, 1.82) is 0 Å². The van der Waals surface area contributed by atoms with E-state index in [1.54, 1.807) is 0 Å². The lowest BCUT2D eigenvalue weighted by molar-refractivity contribution is 0.0618. The van der Waals surface area contributed by atoms with Crippen molar-refractivity contribution in [2.75, 3.05) is 13.1 Å². The minimum Gasteiger partial charge on any atom is -0.389 e. The zero-order valence-electron chi connectivity index (χ0n) is 7.79. The quantitative estimate of drug-likeness (QED) is 0.638. The summed E-state index contributed by atoms with van der Waals surface area (Å²) in [5, 5.41) is 7.69. The predicted octanol–water partition coefficient (Wildman–Crippen LogP) is 0.617. The Morgan fingerprint density at radius 2 is 2.23 bits per heavy atom. The Labute approximate surface area is 77.5 Å². The van der Waals surface area contributed by atoms with Crippen LogP contribution in [-0.4, -0.2) is 24.4 Å². The van der Waals surface area contributed by atoms with Gasteiger partial charge in [-0.3, -0.25) is 0 Å². The molecule has 2 aliphatic heterocycles. The third kappa shape index (κ3) is 0.688. The first kappa shape index (κ1) is 6.82. The number of piperidine rings is 1. The standard InChI is InChI=1S/C10H14N2O/c1-10-2-7(10)9(12-13-10)8-5-3-11-4-6(5)8/h5-8,11H,2-4H2,1H3/t5-,6+,7?,8?,10?. The van der Waals surface area contributed by atoms with Gasteiger partial charge in [0, 0.05) is 18.3 Å². The van der Waals surface area contributed by atoms with Crippen molar-refractivity contribution >= 4 is 5.71 Å². The molecule has 0 spiro atoms. The van der Waals surface area contributed by atoms with Gasteiger partial charge < -0.3 is 10.2 Å². The van der Waals surface area contributed by atoms with E-state index in [1.807, 2.05) is 0 Å². The van der Waals surface area contributed by atoms with E-state index in [0.29, 0.717) is 5.92 Å². The molecule has 0 amide bonds. The average Bonchev–Trinajstić information content (AvgIpc) is 2.87. The molecule has 2 saturated carbocycles. The van der Waals surface area contributed by atoms with E-state index in [-0.39, 0.29) is 5.60 Å². The van der Waals surface area contributed by atoms with Crippen molar-refractivity contribution < 1.29 is 4.84 Å². The van der Waals surface area contributed by atoms with Crippen LogP contribution in [0, 0.1) is 23.7 Å². The summed E-state index contributed by atoms with van der Waals surface area (Å²) in [5.74, 6) is 3.26. The summed E-state index contributed by atoms with van der Waals surface area (Å²) in [4.78, 5) is 5.46. The third-order valence-corrected chi connectivity index (χ3v) is 4.34. The smallest absolute Gasteiger partial charge is 0.144 e. The summed E-state index contributed by atoms with van der Waals surface area (Å²) >= 11 is 0. The Morgan fingerprint density at radius 3 is 2.77 bits per heavy atom. The van der Waals surface area contributed by atoms with Crippen LogP contribution >= 0.6 is 0 Å². The molecule has 2 aliphatic carbocycles. The first-order chi connectivity index (χ1) is 6.30. The molecule has 0 aromatic heterocycles. The fraction of sp³-hybridized carbons (Fsp3) is 0.900. The summed E-state index contributed by atoms with van der Waals surface area (Å²) in [6.45, 7) is 4.60. The summed E-state index contributed by atoms with van der Waals surface area (Å²) in [6, 6.07) is 0. The Morgan fingerprint density at radius 1 is 1.46 bits per heavy atom. The molecule has 4 aliphatic rings. The number of rotatable bonds is 1. The van der Waals surface area contributed by atoms with E-state index in [9.17, 15) is 0 Å². The number of oxime groups is 1. The second kappa shape index (κ2) is 1.78. The number of hydrogen-bond donors (Lipinski definition) is 1. The molecule has 3 heteroatoms. The Bertz CT molecular complexity index is 304. The molecule has 0 aromatic rings. The van der Waals surface area contributed by atoms with Crippen LogP contribution in [0.1, 0.15) is 13.3 Å². The summed E-state index contributed by atoms with van der Waals surface area (Å²) in [5.41, 5.74) is 1.53. The fourth-order valence-electron chi connectivity index (χ4n) is 3.24. The van der Waals surface area contributed by atoms with Crippen LogP contribution in [0.5, 0.6) is 0 Å². The van der Waals surface area contributed by atoms with Gasteiger partial charge >= 0.3 is 0 Å². The van der Waals surface area contributed by atoms with E-state index < -0.39 is 0 Å². The first-order valence-electron chi connectivity index (χ1n) is 5.26. The molecule has 13 heavy (non-hydrogen) atoms. The van der Waals surface area contributed by atoms with Gasteiger partial charge in [-0.2, -0.15) is 0 Å². The SMILES string of the molecule is CC12CC1C(C1[C@H]3CNC[C@@H]13)=NO2. The van der Waals surface area contributed by atoms with Crippen molar-refractivity contribution in [1.82, 2.24) is 5.32 Å². The molecular weight excluding hydrogens is 164 g/mol. The van der Waals surface area contributed by atoms with E-state index in [2.05, 4.69) is 17.4 Å². The highest BCUT2D eigenvalue weighted by atomic mass is 16.7. The van der Waals surface area contributed by atoms with Gasteiger partial charge in [0.15, 0.2) is 0 Å². The summed E-state index contributed by atoms with van der Waals surface area (Å²) in [6.07, 6.45) is 1.22. The van der Waals surface area contributed by atoms with Gasteiger partial charge in [-0.05, 0) is 31.8 Å². The van der Waals surface area contributed by atoms with Crippen LogP contribution in [0.15, 0.2) is 5.16 Å². The molecule has 5 atom stereocenters. The Balaban J connectivity index is 1.59. The maximum atomic E-state index is 5.46. The molecule has 3 unspecified atom stereocenters. The maximum absolute atomic E-state index is 5.46. The molecule has 2 heterocycles. The van der Waals surface area contributed by atoms with Gasteiger partial charge in [-0.15, -0.1) is 0 Å². The van der Waals surface area contributed by atoms with Crippen LogP contribution in [0.4, 0.5) is 0 Å². The van der Waals surface area contributed by atoms with E-state index in [4.69, 9.17) is 4.84 Å². The van der Waals surface area contributed by atoms with E-state index in [0.717, 1.165) is 17.8 Å². The molecular formula is C10H14N2O. The predicted molar refractivity (Wildman–Crippen MR) is 48.4 cm³/mol. The van der Waals surface area contributed by atoms with Crippen LogP contribution < -0.4 is 5.32 Å². The van der Waals surface area contributed by atoms with Gasteiger partial charge in [-0.25, -0.2) is 0 Å². The minimum atomic E-state index is 0.125. The van der Waals surface area contributed by atoms with Gasteiger partial charge in [0.25, 0.3) is 0 Å². The lowest BCUT2D eigenvalue weighted by Gasteiger charge is -2.02. The van der Waals surface area contributed by atoms with Gasteiger partial charge in [0.05, 0.1) is 5.71 Å². The van der Waals surface area contributed by atoms with E-state index in [1.165, 1.54) is 25.2 Å². The van der Waals surface area contributed by atoms with Crippen LogP contribution in [0.2, 0.25) is 0 Å². The monoisotopic (exact) mass is 178 g/mol. The molecule has 1 N–H and O–H groups in total. The zero-order chi connectivity index (χ0) is 8.63. The van der Waals surface area contributed by atoms with Crippen molar-refractivity contribution in [2.45, 2.75) is 18.9 Å². The zero-order valence-corrected chi connectivity index (χ0v) is 7.79. The van der Waals surface area contributed by atoms with Crippen LogP contribution in [-0.2, 0) is 4.84 Å². The third-order valence-electron chi connectivity index (χ3n) is 4.34. The average molecular weight is 178 g/mol. The Kier molecular flexibility index (Phi) is 0.934. The van der Waals surface area contributed by atoms with Gasteiger partial charge in [0.2, 0.25) is 0 Å². The van der Waals surface area contributed by atoms with Gasteiger partial charge in [0.1, 0.15) is 5.60 Å². The second-order valence-electron chi connectivity index (χ2n) is 5.19. The molecule has 3 fully saturated rings. The van der Waals surface area contributed by atoms with Crippen LogP contribution in [0.3, 0.4) is 0 Å². The molecule has 4 rings (SSSR count). The van der Waals surface area contributed by atoms with E-state index >= 15 is 0 Å². The number of nitrogens with one attached hydrogen (secondary N) is 1. The van der Waals surface area contributed by atoms with Crippen molar-refractivity contribution in [2.24, 2.45) is 28.8 Å². The van der Waals surface area contributed by atoms with Gasteiger partial charge in [-0.1, -0.05) is 5.16 Å². The normalized spacial score (nSPS) is 60.8. The number of hydrogen-bond acceptors (Lipinski definition) is 3. The highest BCUT2D eigenvalue weighted by Gasteiger charge is 2.67. The highest BCUT2D eigenvalue weighted by Crippen LogP contribution is 2.60. The lowest BCUT2D eigenvalue weighted by atomic mass is 10.1. The second-order valence-corrected chi connectivity index (χ2v) is 5.19. The molecule has 0 aromatic carbocycles. The van der Waals surface area contributed by atoms with Crippen molar-refractivity contribution in [3.8, 4) is 0 Å². The van der Waals surface area contributed by atoms with Crippen molar-refractivity contribution in [3.63, 3.8) is 0 Å². The highest BCUT2D eigenvalue weighted by molar-refractivity contribution is 5.96. The fourth-order valence-corrected chi connectivity index (χ4v) is 3.24. The summed E-state index contributed by atoms with van der Waals surface area (Å²) < 4.78 is 0. The maximum Gasteiger partial charge on any atom is 0.144 e. The minimum absolute atomic E-state index is 0.125. The largest absolute Gasteiger partial charge is 0.389 e. The number of fused-ring (bicyclic) bond motifs is 2. The molecule has 3 nitrogen and oxygen atoms in total. The molecule has 1 saturated heterocycles. The molecule has 0 radical (unpaired) electrons. The first-order valence-corrected chi connectivity index (χ1v) is 5.26. The topological polar surface area (TPSA) is 33.6 Å². The number of nitrogens with zero attached hydrogens (tertiary/aromatic N) is 1. The molecule has 70 valence electrons. The van der Waals surface area contributed by atoms with Crippen LogP contribution in [0.25, 0.3) is 0 Å². The summed E-state index contributed by atoms with van der Waals surface area (Å²) in [7, 11) is 0.